The molecule has 0 saturated carbocycles. The standard InChI is InChI=1S/C21H29ClN4O5S/c1-6-7-10-32(29,30)25-19(27)18-13-26(14(2)23-18)12-15-8-9-16(11-17(15)22)24-20(28)31-21(3,4)5/h8-9,11,13H,6-7,10,12H2,1-5H3,(H,24,28)(H,25,27). The van der Waals surface area contributed by atoms with Crippen LogP contribution in [0.5, 0.6) is 0 Å². The number of aryl methyl sites for hydroxylation is 1. The number of amides is 2. The Morgan fingerprint density at radius 3 is 2.53 bits per heavy atom. The van der Waals surface area contributed by atoms with Crippen LogP contribution in [0.2, 0.25) is 5.02 Å². The molecule has 176 valence electrons. The molecule has 0 saturated heterocycles. The van der Waals surface area contributed by atoms with Gasteiger partial charge in [0.25, 0.3) is 5.91 Å². The first-order chi connectivity index (χ1) is 14.8. The third-order valence-corrected chi connectivity index (χ3v) is 5.94. The highest BCUT2D eigenvalue weighted by atomic mass is 35.5. The van der Waals surface area contributed by atoms with Crippen molar-refractivity contribution in [2.45, 2.75) is 59.6 Å². The lowest BCUT2D eigenvalue weighted by atomic mass is 10.2. The molecule has 0 spiro atoms. The van der Waals surface area contributed by atoms with Crippen LogP contribution in [0.4, 0.5) is 10.5 Å². The van der Waals surface area contributed by atoms with Gasteiger partial charge in [0, 0.05) is 16.9 Å². The first-order valence-corrected chi connectivity index (χ1v) is 12.2. The third-order valence-electron chi connectivity index (χ3n) is 4.26. The molecule has 1 aromatic heterocycles. The van der Waals surface area contributed by atoms with E-state index >= 15 is 0 Å². The van der Waals surface area contributed by atoms with Crippen molar-refractivity contribution in [1.29, 1.82) is 0 Å². The van der Waals surface area contributed by atoms with E-state index in [1.807, 2.05) is 11.6 Å². The van der Waals surface area contributed by atoms with Crippen LogP contribution in [0.15, 0.2) is 24.4 Å². The maximum atomic E-state index is 12.3. The highest BCUT2D eigenvalue weighted by Crippen LogP contribution is 2.23. The number of hydrogen-bond acceptors (Lipinski definition) is 6. The first kappa shape index (κ1) is 25.7. The number of imidazole rings is 1. The zero-order chi connectivity index (χ0) is 24.1. The van der Waals surface area contributed by atoms with E-state index in [1.54, 1.807) is 50.5 Å². The molecule has 1 heterocycles. The number of anilines is 1. The van der Waals surface area contributed by atoms with Gasteiger partial charge in [0.1, 0.15) is 17.1 Å². The number of nitrogens with one attached hydrogen (secondary N) is 2. The Morgan fingerprint density at radius 1 is 1.25 bits per heavy atom. The summed E-state index contributed by atoms with van der Waals surface area (Å²) >= 11 is 6.37. The van der Waals surface area contributed by atoms with Crippen LogP contribution in [-0.2, 0) is 21.3 Å². The average molecular weight is 485 g/mol. The Labute approximate surface area is 193 Å². The van der Waals surface area contributed by atoms with E-state index in [9.17, 15) is 18.0 Å². The summed E-state index contributed by atoms with van der Waals surface area (Å²) in [7, 11) is -3.70. The van der Waals surface area contributed by atoms with Gasteiger partial charge < -0.3 is 9.30 Å². The largest absolute Gasteiger partial charge is 0.444 e. The number of aromatic nitrogens is 2. The second-order valence-electron chi connectivity index (χ2n) is 8.34. The van der Waals surface area contributed by atoms with Crippen molar-refractivity contribution in [3.05, 3.63) is 46.5 Å². The number of unbranched alkanes of at least 4 members (excludes halogenated alkanes) is 1. The number of sulfonamides is 1. The van der Waals surface area contributed by atoms with E-state index in [0.29, 0.717) is 35.9 Å². The van der Waals surface area contributed by atoms with Crippen LogP contribution in [0.3, 0.4) is 0 Å². The number of halogens is 1. The van der Waals surface area contributed by atoms with Gasteiger partial charge in [-0.05, 0) is 51.8 Å². The lowest BCUT2D eigenvalue weighted by Crippen LogP contribution is -2.32. The van der Waals surface area contributed by atoms with Gasteiger partial charge in [0.2, 0.25) is 10.0 Å². The Hall–Kier alpha value is -2.59. The molecule has 0 radical (unpaired) electrons. The van der Waals surface area contributed by atoms with E-state index in [1.165, 1.54) is 6.20 Å². The molecule has 11 heteroatoms. The normalized spacial score (nSPS) is 11.8. The van der Waals surface area contributed by atoms with Gasteiger partial charge in [-0.2, -0.15) is 0 Å². The SMILES string of the molecule is CCCCS(=O)(=O)NC(=O)c1cn(Cc2ccc(NC(=O)OC(C)(C)C)cc2Cl)c(C)n1. The predicted octanol–water partition coefficient (Wildman–Crippen LogP) is 4.10. The fourth-order valence-electron chi connectivity index (χ4n) is 2.72. The first-order valence-electron chi connectivity index (χ1n) is 10.2. The van der Waals surface area contributed by atoms with Gasteiger partial charge in [-0.3, -0.25) is 10.1 Å². The van der Waals surface area contributed by atoms with E-state index in [4.69, 9.17) is 16.3 Å². The maximum Gasteiger partial charge on any atom is 0.412 e. The molecule has 0 unspecified atom stereocenters. The van der Waals surface area contributed by atoms with Crippen LogP contribution >= 0.6 is 11.6 Å². The van der Waals surface area contributed by atoms with Gasteiger partial charge in [-0.15, -0.1) is 0 Å². The monoisotopic (exact) mass is 484 g/mol. The van der Waals surface area contributed by atoms with Crippen molar-refractivity contribution in [2.24, 2.45) is 0 Å². The molecule has 9 nitrogen and oxygen atoms in total. The Bertz CT molecular complexity index is 1090. The molecular weight excluding hydrogens is 456 g/mol. The second-order valence-corrected chi connectivity index (χ2v) is 10.6. The lowest BCUT2D eigenvalue weighted by Gasteiger charge is -2.19. The summed E-state index contributed by atoms with van der Waals surface area (Å²) in [5, 5.41) is 3.03. The maximum absolute atomic E-state index is 12.3. The summed E-state index contributed by atoms with van der Waals surface area (Å²) in [6.45, 7) is 9.18. The molecule has 32 heavy (non-hydrogen) atoms. The summed E-state index contributed by atoms with van der Waals surface area (Å²) in [5.41, 5.74) is 0.589. The summed E-state index contributed by atoms with van der Waals surface area (Å²) < 4.78 is 32.9. The highest BCUT2D eigenvalue weighted by molar-refractivity contribution is 7.90. The van der Waals surface area contributed by atoms with E-state index in [0.717, 1.165) is 5.56 Å². The molecule has 0 aliphatic heterocycles. The molecular formula is C21H29ClN4O5S. The number of hydrogen-bond donors (Lipinski definition) is 2. The quantitative estimate of drug-likeness (QED) is 0.582. The van der Waals surface area contributed by atoms with Gasteiger partial charge in [0.05, 0.1) is 12.3 Å². The van der Waals surface area contributed by atoms with E-state index < -0.39 is 27.6 Å². The van der Waals surface area contributed by atoms with Gasteiger partial charge >= 0.3 is 6.09 Å². The number of nitrogens with zero attached hydrogens (tertiary/aromatic N) is 2. The minimum absolute atomic E-state index is 0.00177. The van der Waals surface area contributed by atoms with Crippen LogP contribution < -0.4 is 10.0 Å². The van der Waals surface area contributed by atoms with Crippen molar-refractivity contribution < 1.29 is 22.7 Å². The molecule has 1 aromatic carbocycles. The highest BCUT2D eigenvalue weighted by Gasteiger charge is 2.20. The zero-order valence-electron chi connectivity index (χ0n) is 18.9. The molecule has 0 aliphatic rings. The van der Waals surface area contributed by atoms with Gasteiger partial charge in [-0.25, -0.2) is 22.9 Å². The minimum Gasteiger partial charge on any atom is -0.444 e. The fraction of sp³-hybridized carbons (Fsp3) is 0.476. The van der Waals surface area contributed by atoms with Crippen LogP contribution in [0, 0.1) is 6.92 Å². The van der Waals surface area contributed by atoms with Crippen LogP contribution in [-0.4, -0.2) is 41.3 Å². The molecule has 0 fully saturated rings. The fourth-order valence-corrected chi connectivity index (χ4v) is 4.11. The van der Waals surface area contributed by atoms with Crippen molar-refractivity contribution in [3.8, 4) is 0 Å². The third kappa shape index (κ3) is 7.83. The molecule has 2 aromatic rings. The summed E-state index contributed by atoms with van der Waals surface area (Å²) in [5.74, 6) is -0.368. The Balaban J connectivity index is 2.09. The summed E-state index contributed by atoms with van der Waals surface area (Å²) in [6.07, 6.45) is 2.06. The Kier molecular flexibility index (Phi) is 8.30. The van der Waals surface area contributed by atoms with Crippen molar-refractivity contribution >= 4 is 39.3 Å². The van der Waals surface area contributed by atoms with E-state index in [2.05, 4.69) is 10.3 Å². The minimum atomic E-state index is -3.70. The molecule has 0 atom stereocenters. The molecule has 0 aliphatic carbocycles. The van der Waals surface area contributed by atoms with Gasteiger partial charge in [0.15, 0.2) is 0 Å². The van der Waals surface area contributed by atoms with Crippen molar-refractivity contribution in [3.63, 3.8) is 0 Å². The second kappa shape index (κ2) is 10.4. The molecule has 2 amide bonds. The number of carbonyl (C=O) groups excluding carboxylic acids is 2. The molecule has 0 bridgehead atoms. The topological polar surface area (TPSA) is 119 Å². The Morgan fingerprint density at radius 2 is 1.94 bits per heavy atom. The predicted molar refractivity (Wildman–Crippen MR) is 124 cm³/mol. The average Bonchev–Trinajstić information content (AvgIpc) is 3.01. The molecule has 2 rings (SSSR count). The zero-order valence-corrected chi connectivity index (χ0v) is 20.4. The van der Waals surface area contributed by atoms with E-state index in [-0.39, 0.29) is 11.4 Å². The summed E-state index contributed by atoms with van der Waals surface area (Å²) in [6, 6.07) is 5.02. The number of rotatable bonds is 8. The van der Waals surface area contributed by atoms with Crippen LogP contribution in [0.1, 0.15) is 62.4 Å². The smallest absolute Gasteiger partial charge is 0.412 e. The number of benzene rings is 1. The van der Waals surface area contributed by atoms with Crippen molar-refractivity contribution in [2.75, 3.05) is 11.1 Å². The number of ether oxygens (including phenoxy) is 1. The summed E-state index contributed by atoms with van der Waals surface area (Å²) in [4.78, 5) is 28.4. The van der Waals surface area contributed by atoms with Crippen molar-refractivity contribution in [1.82, 2.24) is 14.3 Å². The lowest BCUT2D eigenvalue weighted by molar-refractivity contribution is 0.0635. The van der Waals surface area contributed by atoms with Crippen LogP contribution in [0.25, 0.3) is 0 Å². The van der Waals surface area contributed by atoms with Gasteiger partial charge in [-0.1, -0.05) is 31.0 Å². The number of carbonyl (C=O) groups is 2. The molecule has 2 N–H and O–H groups in total.